The molecule has 0 aromatic heterocycles. The molecule has 1 unspecified atom stereocenters. The van der Waals surface area contributed by atoms with Crippen molar-refractivity contribution < 1.29 is 38.8 Å². The second-order valence-corrected chi connectivity index (χ2v) is 21.7. The normalized spacial score (nSPS) is 22.1. The van der Waals surface area contributed by atoms with E-state index >= 15 is 4.79 Å². The van der Waals surface area contributed by atoms with Gasteiger partial charge in [-0.2, -0.15) is 0 Å². The van der Waals surface area contributed by atoms with Crippen molar-refractivity contribution in [2.75, 3.05) is 56.9 Å². The summed E-state index contributed by atoms with van der Waals surface area (Å²) in [5.41, 5.74) is 2.95. The molecule has 0 saturated carbocycles. The number of likely N-dealkylation sites (N-methyl/N-ethyl adjacent to an activating group) is 1. The summed E-state index contributed by atoms with van der Waals surface area (Å²) in [6, 6.07) is 28.8. The maximum Gasteiger partial charge on any atom is 0.264 e. The molecule has 3 aliphatic heterocycles. The van der Waals surface area contributed by atoms with Crippen molar-refractivity contribution in [3.8, 4) is 11.5 Å². The second kappa shape index (κ2) is 18.5. The van der Waals surface area contributed by atoms with E-state index in [1.807, 2.05) is 85.8 Å². The summed E-state index contributed by atoms with van der Waals surface area (Å²) in [6.45, 7) is 10.0. The molecule has 1 saturated heterocycles. The predicted octanol–water partition coefficient (Wildman–Crippen LogP) is 5.65. The lowest BCUT2D eigenvalue weighted by Gasteiger charge is -2.37. The van der Waals surface area contributed by atoms with Crippen LogP contribution in [0, 0.1) is 5.92 Å². The number of carbonyl (C=O) groups is 3. The van der Waals surface area contributed by atoms with Crippen LogP contribution in [0.2, 0.25) is 18.6 Å². The molecule has 3 aliphatic rings. The molecule has 0 radical (unpaired) electrons. The molecule has 61 heavy (non-hydrogen) atoms. The monoisotopic (exact) mass is 848 g/mol. The molecule has 324 valence electrons. The average Bonchev–Trinajstić information content (AvgIpc) is 3.67. The van der Waals surface area contributed by atoms with E-state index in [2.05, 4.69) is 37.5 Å². The maximum absolute atomic E-state index is 15.0. The average molecular weight is 849 g/mol. The molecular formula is C48H60N4O8Si. The molecule has 0 aliphatic carbocycles. The zero-order chi connectivity index (χ0) is 43.5. The molecule has 3 amide bonds. The number of nitrogens with one attached hydrogen (secondary N) is 1. The van der Waals surface area contributed by atoms with Gasteiger partial charge in [0.25, 0.3) is 5.91 Å². The SMILES string of the molecule is CCOc1ccc2c(c1)CC(NCCCCO)C(=O)N2c1ccc2c(c1)[C@]1(O[C@@H](CC(=O)N(CCO)Cc3ccccc3)[C@H]([Si](C)(C)c3ccc(OC)cc3)[C@H]1C)C(=O)N2C. The Morgan fingerprint density at radius 1 is 0.951 bits per heavy atom. The van der Waals surface area contributed by atoms with Gasteiger partial charge in [0.05, 0.1) is 58.3 Å². The first-order valence-corrected chi connectivity index (χ1v) is 24.6. The fourth-order valence-electron chi connectivity index (χ4n) is 9.98. The summed E-state index contributed by atoms with van der Waals surface area (Å²) < 4.78 is 18.7. The van der Waals surface area contributed by atoms with Crippen LogP contribution in [0.5, 0.6) is 11.5 Å². The summed E-state index contributed by atoms with van der Waals surface area (Å²) in [5, 5.41) is 24.1. The first kappa shape index (κ1) is 44.0. The number of anilines is 3. The van der Waals surface area contributed by atoms with E-state index in [4.69, 9.17) is 14.2 Å². The van der Waals surface area contributed by atoms with Gasteiger partial charge in [0.2, 0.25) is 11.8 Å². The van der Waals surface area contributed by atoms with Gasteiger partial charge in [0.15, 0.2) is 5.60 Å². The van der Waals surface area contributed by atoms with Crippen molar-refractivity contribution in [3.63, 3.8) is 0 Å². The molecule has 0 bridgehead atoms. The Morgan fingerprint density at radius 2 is 1.67 bits per heavy atom. The number of aliphatic hydroxyl groups is 2. The Kier molecular flexibility index (Phi) is 13.4. The third kappa shape index (κ3) is 8.33. The van der Waals surface area contributed by atoms with E-state index in [1.54, 1.807) is 28.9 Å². The summed E-state index contributed by atoms with van der Waals surface area (Å²) in [6.07, 6.45) is 1.21. The highest BCUT2D eigenvalue weighted by molar-refractivity contribution is 6.91. The van der Waals surface area contributed by atoms with E-state index in [0.717, 1.165) is 39.9 Å². The Hall–Kier alpha value is -5.05. The van der Waals surface area contributed by atoms with Gasteiger partial charge in [-0.25, -0.2) is 0 Å². The van der Waals surface area contributed by atoms with Gasteiger partial charge in [-0.1, -0.05) is 67.7 Å². The molecule has 13 heteroatoms. The zero-order valence-corrected chi connectivity index (χ0v) is 37.2. The number of nitrogens with zero attached hydrogens (tertiary/aromatic N) is 3. The number of rotatable bonds is 17. The van der Waals surface area contributed by atoms with E-state index in [0.29, 0.717) is 49.5 Å². The van der Waals surface area contributed by atoms with Gasteiger partial charge in [0.1, 0.15) is 11.5 Å². The topological polar surface area (TPSA) is 141 Å². The van der Waals surface area contributed by atoms with Crippen LogP contribution in [-0.4, -0.2) is 100 Å². The summed E-state index contributed by atoms with van der Waals surface area (Å²) >= 11 is 0. The number of hydrogen-bond donors (Lipinski definition) is 3. The number of unbranched alkanes of at least 4 members (excludes halogenated alkanes) is 1. The zero-order valence-electron chi connectivity index (χ0n) is 36.2. The van der Waals surface area contributed by atoms with Crippen LogP contribution < -0.4 is 29.8 Å². The number of hydrogen-bond acceptors (Lipinski definition) is 9. The second-order valence-electron chi connectivity index (χ2n) is 17.0. The van der Waals surface area contributed by atoms with Crippen molar-refractivity contribution in [2.45, 2.75) is 82.5 Å². The molecule has 4 aromatic rings. The van der Waals surface area contributed by atoms with Crippen molar-refractivity contribution >= 4 is 48.0 Å². The fraction of sp³-hybridized carbons (Fsp3) is 0.438. The maximum atomic E-state index is 15.0. The van der Waals surface area contributed by atoms with E-state index in [1.165, 1.54) is 0 Å². The number of aliphatic hydroxyl groups excluding tert-OH is 2. The third-order valence-electron chi connectivity index (χ3n) is 13.0. The van der Waals surface area contributed by atoms with Gasteiger partial charge in [0, 0.05) is 43.9 Å². The van der Waals surface area contributed by atoms with Gasteiger partial charge in [-0.3, -0.25) is 19.3 Å². The van der Waals surface area contributed by atoms with Gasteiger partial charge in [-0.05, 0) is 97.9 Å². The minimum atomic E-state index is -2.59. The van der Waals surface area contributed by atoms with Crippen molar-refractivity contribution in [1.82, 2.24) is 10.2 Å². The Morgan fingerprint density at radius 3 is 2.36 bits per heavy atom. The van der Waals surface area contributed by atoms with Crippen LogP contribution in [0.15, 0.2) is 91.0 Å². The number of carbonyl (C=O) groups excluding carboxylic acids is 3. The van der Waals surface area contributed by atoms with Crippen molar-refractivity contribution in [1.29, 1.82) is 0 Å². The quantitative estimate of drug-likeness (QED) is 0.0909. The van der Waals surface area contributed by atoms with Crippen LogP contribution in [-0.2, 0) is 37.7 Å². The molecule has 5 atom stereocenters. The molecule has 1 fully saturated rings. The third-order valence-corrected chi connectivity index (χ3v) is 17.4. The molecule has 7 rings (SSSR count). The minimum Gasteiger partial charge on any atom is -0.497 e. The Balaban J connectivity index is 1.31. The number of fused-ring (bicyclic) bond motifs is 3. The Labute approximate surface area is 360 Å². The van der Waals surface area contributed by atoms with E-state index < -0.39 is 25.8 Å². The number of methoxy groups -OCH3 is 1. The molecule has 3 heterocycles. The lowest BCUT2D eigenvalue weighted by Crippen LogP contribution is -2.52. The molecule has 3 N–H and O–H groups in total. The minimum absolute atomic E-state index is 0.0198. The van der Waals surface area contributed by atoms with Crippen LogP contribution in [0.3, 0.4) is 0 Å². The summed E-state index contributed by atoms with van der Waals surface area (Å²) in [4.78, 5) is 49.1. The standard InChI is InChI=1S/C48H60N4O8Si/c1-7-59-37-18-22-41-34(27-37)28-40(49-23-11-12-25-53)46(56)52(41)35-15-21-42-39(29-35)48(47(57)50(42)3)32(2)45(61(5,6)38-19-16-36(58-4)17-20-38)43(60-48)30-44(55)51(24-26-54)31-33-13-9-8-10-14-33/h8-10,13-22,27,29,32,40,43,45,49,53-54H,7,11-12,23-26,28,30-31H2,1-6H3/t32-,40?,43+,45-,48+/m1/s1. The molecule has 4 aromatic carbocycles. The van der Waals surface area contributed by atoms with Crippen LogP contribution in [0.1, 0.15) is 49.8 Å². The summed E-state index contributed by atoms with van der Waals surface area (Å²) in [5.74, 6) is 0.596. The van der Waals surface area contributed by atoms with E-state index in [9.17, 15) is 19.8 Å². The highest BCUT2D eigenvalue weighted by atomic mass is 28.3. The largest absolute Gasteiger partial charge is 0.497 e. The van der Waals surface area contributed by atoms with Crippen molar-refractivity contribution in [2.24, 2.45) is 5.92 Å². The first-order chi connectivity index (χ1) is 29.4. The highest BCUT2D eigenvalue weighted by Gasteiger charge is 2.66. The Bertz CT molecular complexity index is 2200. The number of ether oxygens (including phenoxy) is 3. The highest BCUT2D eigenvalue weighted by Crippen LogP contribution is 2.60. The lowest BCUT2D eigenvalue weighted by molar-refractivity contribution is -0.149. The van der Waals surface area contributed by atoms with E-state index in [-0.39, 0.29) is 55.4 Å². The number of amides is 3. The lowest BCUT2D eigenvalue weighted by atomic mass is 9.82. The van der Waals surface area contributed by atoms with Gasteiger partial charge >= 0.3 is 0 Å². The molecule has 12 nitrogen and oxygen atoms in total. The van der Waals surface area contributed by atoms with Crippen LogP contribution >= 0.6 is 0 Å². The molecule has 1 spiro atoms. The van der Waals surface area contributed by atoms with Gasteiger partial charge < -0.3 is 39.5 Å². The van der Waals surface area contributed by atoms with Crippen molar-refractivity contribution in [3.05, 3.63) is 108 Å². The first-order valence-electron chi connectivity index (χ1n) is 21.5. The van der Waals surface area contributed by atoms with Gasteiger partial charge in [-0.15, -0.1) is 0 Å². The smallest absolute Gasteiger partial charge is 0.264 e. The fourth-order valence-corrected chi connectivity index (χ4v) is 14.0. The van der Waals surface area contributed by atoms with Crippen LogP contribution in [0.25, 0.3) is 0 Å². The molecular weight excluding hydrogens is 789 g/mol. The van der Waals surface area contributed by atoms with Crippen LogP contribution in [0.4, 0.5) is 17.1 Å². The predicted molar refractivity (Wildman–Crippen MR) is 240 cm³/mol. The number of benzene rings is 4. The summed E-state index contributed by atoms with van der Waals surface area (Å²) in [7, 11) is 0.816.